The lowest BCUT2D eigenvalue weighted by Crippen LogP contribution is -2.12. The first-order valence-corrected chi connectivity index (χ1v) is 7.18. The van der Waals surface area contributed by atoms with Crippen molar-refractivity contribution < 1.29 is 9.18 Å². The molecular formula is C17H11BrFNO. The van der Waals surface area contributed by atoms with E-state index in [0.717, 1.165) is 15.2 Å². The van der Waals surface area contributed by atoms with E-state index in [2.05, 4.69) is 21.2 Å². The third kappa shape index (κ3) is 2.95. The average molecular weight is 344 g/mol. The summed E-state index contributed by atoms with van der Waals surface area (Å²) >= 11 is 3.41. The van der Waals surface area contributed by atoms with E-state index in [1.807, 2.05) is 24.3 Å². The fourth-order valence-corrected chi connectivity index (χ4v) is 2.49. The third-order valence-electron chi connectivity index (χ3n) is 3.19. The molecule has 0 unspecified atom stereocenters. The van der Waals surface area contributed by atoms with E-state index in [1.54, 1.807) is 24.3 Å². The lowest BCUT2D eigenvalue weighted by atomic mass is 10.1. The Morgan fingerprint density at radius 3 is 2.48 bits per heavy atom. The quantitative estimate of drug-likeness (QED) is 0.697. The topological polar surface area (TPSA) is 29.1 Å². The number of carbonyl (C=O) groups excluding carboxylic acids is 1. The normalized spacial score (nSPS) is 10.6. The molecule has 1 amide bonds. The summed E-state index contributed by atoms with van der Waals surface area (Å²) in [5.41, 5.74) is 0.673. The van der Waals surface area contributed by atoms with Crippen LogP contribution in [0.2, 0.25) is 0 Å². The van der Waals surface area contributed by atoms with Crippen LogP contribution >= 0.6 is 15.9 Å². The standard InChI is InChI=1S/C17H11BrFNO/c18-14-8-7-11-9-13(6-5-12(11)10-14)17(21)20-16-4-2-1-3-15(16)19/h1-10H,(H,20,21). The van der Waals surface area contributed by atoms with Crippen LogP contribution in [0.3, 0.4) is 0 Å². The molecule has 0 aliphatic heterocycles. The van der Waals surface area contributed by atoms with Gasteiger partial charge in [0.25, 0.3) is 5.91 Å². The Balaban J connectivity index is 1.91. The van der Waals surface area contributed by atoms with Crippen LogP contribution in [0.15, 0.2) is 65.1 Å². The fraction of sp³-hybridized carbons (Fsp3) is 0. The van der Waals surface area contributed by atoms with Crippen molar-refractivity contribution in [2.45, 2.75) is 0 Å². The molecule has 0 bridgehead atoms. The van der Waals surface area contributed by atoms with Gasteiger partial charge in [-0.05, 0) is 47.2 Å². The Bertz CT molecular complexity index is 832. The number of fused-ring (bicyclic) bond motifs is 1. The van der Waals surface area contributed by atoms with E-state index in [-0.39, 0.29) is 11.6 Å². The average Bonchev–Trinajstić information content (AvgIpc) is 2.49. The second-order valence-corrected chi connectivity index (χ2v) is 5.56. The number of hydrogen-bond acceptors (Lipinski definition) is 1. The zero-order valence-electron chi connectivity index (χ0n) is 10.9. The largest absolute Gasteiger partial charge is 0.319 e. The molecule has 21 heavy (non-hydrogen) atoms. The Labute approximate surface area is 129 Å². The van der Waals surface area contributed by atoms with Crippen molar-refractivity contribution in [3.05, 3.63) is 76.5 Å². The highest BCUT2D eigenvalue weighted by Crippen LogP contribution is 2.22. The summed E-state index contributed by atoms with van der Waals surface area (Å²) < 4.78 is 14.5. The Morgan fingerprint density at radius 2 is 1.67 bits per heavy atom. The molecule has 2 nitrogen and oxygen atoms in total. The molecule has 0 aromatic heterocycles. The van der Waals surface area contributed by atoms with Crippen LogP contribution in [0, 0.1) is 5.82 Å². The number of benzene rings is 3. The summed E-state index contributed by atoms with van der Waals surface area (Å²) in [6.45, 7) is 0. The highest BCUT2D eigenvalue weighted by molar-refractivity contribution is 9.10. The molecule has 0 heterocycles. The molecule has 104 valence electrons. The van der Waals surface area contributed by atoms with E-state index < -0.39 is 5.82 Å². The van der Waals surface area contributed by atoms with E-state index in [1.165, 1.54) is 12.1 Å². The Morgan fingerprint density at radius 1 is 0.952 bits per heavy atom. The molecule has 0 saturated heterocycles. The lowest BCUT2D eigenvalue weighted by Gasteiger charge is -2.07. The van der Waals surface area contributed by atoms with Crippen LogP contribution in [-0.2, 0) is 0 Å². The third-order valence-corrected chi connectivity index (χ3v) is 3.68. The molecule has 4 heteroatoms. The zero-order valence-corrected chi connectivity index (χ0v) is 12.5. The number of amides is 1. The molecule has 0 radical (unpaired) electrons. The van der Waals surface area contributed by atoms with Gasteiger partial charge in [-0.15, -0.1) is 0 Å². The van der Waals surface area contributed by atoms with Crippen LogP contribution < -0.4 is 5.32 Å². The maximum absolute atomic E-state index is 13.5. The Kier molecular flexibility index (Phi) is 3.71. The van der Waals surface area contributed by atoms with Gasteiger partial charge in [0.05, 0.1) is 5.69 Å². The number of nitrogens with one attached hydrogen (secondary N) is 1. The van der Waals surface area contributed by atoms with Gasteiger partial charge >= 0.3 is 0 Å². The SMILES string of the molecule is O=C(Nc1ccccc1F)c1ccc2cc(Br)ccc2c1. The monoisotopic (exact) mass is 343 g/mol. The summed E-state index contributed by atoms with van der Waals surface area (Å²) in [5, 5.41) is 4.57. The van der Waals surface area contributed by atoms with E-state index in [0.29, 0.717) is 5.56 Å². The number of anilines is 1. The van der Waals surface area contributed by atoms with Crippen molar-refractivity contribution in [2.24, 2.45) is 0 Å². The van der Waals surface area contributed by atoms with Gasteiger partial charge in [-0.2, -0.15) is 0 Å². The van der Waals surface area contributed by atoms with Gasteiger partial charge in [-0.1, -0.05) is 40.2 Å². The maximum Gasteiger partial charge on any atom is 0.255 e. The molecule has 0 saturated carbocycles. The van der Waals surface area contributed by atoms with Gasteiger partial charge in [0.1, 0.15) is 5.82 Å². The maximum atomic E-state index is 13.5. The molecule has 1 N–H and O–H groups in total. The highest BCUT2D eigenvalue weighted by Gasteiger charge is 2.09. The van der Waals surface area contributed by atoms with Gasteiger partial charge in [-0.25, -0.2) is 4.39 Å². The van der Waals surface area contributed by atoms with Crippen LogP contribution in [-0.4, -0.2) is 5.91 Å². The first-order chi connectivity index (χ1) is 10.1. The lowest BCUT2D eigenvalue weighted by molar-refractivity contribution is 0.102. The summed E-state index contributed by atoms with van der Waals surface area (Å²) in [6.07, 6.45) is 0. The summed E-state index contributed by atoms with van der Waals surface area (Å²) in [7, 11) is 0. The van der Waals surface area contributed by atoms with Gasteiger partial charge in [0, 0.05) is 10.0 Å². The number of carbonyl (C=O) groups is 1. The number of halogens is 2. The molecular weight excluding hydrogens is 333 g/mol. The smallest absolute Gasteiger partial charge is 0.255 e. The van der Waals surface area contributed by atoms with Crippen molar-refractivity contribution in [1.29, 1.82) is 0 Å². The van der Waals surface area contributed by atoms with E-state index in [9.17, 15) is 9.18 Å². The number of rotatable bonds is 2. The minimum Gasteiger partial charge on any atom is -0.319 e. The molecule has 0 fully saturated rings. The van der Waals surface area contributed by atoms with Crippen molar-refractivity contribution >= 4 is 38.3 Å². The number of para-hydroxylation sites is 1. The second kappa shape index (κ2) is 5.66. The van der Waals surface area contributed by atoms with E-state index in [4.69, 9.17) is 0 Å². The molecule has 3 aromatic carbocycles. The molecule has 0 aliphatic carbocycles. The van der Waals surface area contributed by atoms with Gasteiger partial charge in [0.15, 0.2) is 0 Å². The zero-order chi connectivity index (χ0) is 14.8. The molecule has 0 spiro atoms. The van der Waals surface area contributed by atoms with Crippen LogP contribution in [0.1, 0.15) is 10.4 Å². The Hall–Kier alpha value is -2.20. The summed E-state index contributed by atoms with van der Waals surface area (Å²) in [4.78, 5) is 12.2. The number of hydrogen-bond donors (Lipinski definition) is 1. The summed E-state index contributed by atoms with van der Waals surface area (Å²) in [6, 6.07) is 17.3. The molecule has 3 rings (SSSR count). The first kappa shape index (κ1) is 13.8. The predicted molar refractivity (Wildman–Crippen MR) is 86.0 cm³/mol. The highest BCUT2D eigenvalue weighted by atomic mass is 79.9. The predicted octanol–water partition coefficient (Wildman–Crippen LogP) is 4.99. The first-order valence-electron chi connectivity index (χ1n) is 6.39. The second-order valence-electron chi connectivity index (χ2n) is 4.64. The molecule has 0 atom stereocenters. The fourth-order valence-electron chi connectivity index (χ4n) is 2.11. The van der Waals surface area contributed by atoms with Crippen LogP contribution in [0.25, 0.3) is 10.8 Å². The van der Waals surface area contributed by atoms with E-state index >= 15 is 0 Å². The minimum absolute atomic E-state index is 0.179. The van der Waals surface area contributed by atoms with Gasteiger partial charge in [-0.3, -0.25) is 4.79 Å². The summed E-state index contributed by atoms with van der Waals surface area (Å²) in [5.74, 6) is -0.777. The van der Waals surface area contributed by atoms with Crippen LogP contribution in [0.4, 0.5) is 10.1 Å². The van der Waals surface area contributed by atoms with Crippen molar-refractivity contribution in [2.75, 3.05) is 5.32 Å². The molecule has 3 aromatic rings. The van der Waals surface area contributed by atoms with Crippen LogP contribution in [0.5, 0.6) is 0 Å². The van der Waals surface area contributed by atoms with Crippen molar-refractivity contribution in [1.82, 2.24) is 0 Å². The van der Waals surface area contributed by atoms with Gasteiger partial charge < -0.3 is 5.32 Å². The van der Waals surface area contributed by atoms with Crippen molar-refractivity contribution in [3.63, 3.8) is 0 Å². The minimum atomic E-state index is -0.449. The molecule has 0 aliphatic rings. The van der Waals surface area contributed by atoms with Crippen molar-refractivity contribution in [3.8, 4) is 0 Å². The van der Waals surface area contributed by atoms with Gasteiger partial charge in [0.2, 0.25) is 0 Å².